The fraction of sp³-hybridized carbons (Fsp3) is 0.583. The van der Waals surface area contributed by atoms with Gasteiger partial charge in [0.25, 0.3) is 0 Å². The first-order chi connectivity index (χ1) is 7.22. The minimum Gasteiger partial charge on any atom is -0.396 e. The lowest BCUT2D eigenvalue weighted by Gasteiger charge is -2.16. The Morgan fingerprint density at radius 1 is 1.40 bits per heavy atom. The number of hydrogen-bond acceptors (Lipinski definition) is 3. The molecule has 1 atom stereocenters. The predicted molar refractivity (Wildman–Crippen MR) is 61.7 cm³/mol. The predicted octanol–water partition coefficient (Wildman–Crippen LogP) is 1.23. The van der Waals surface area contributed by atoms with E-state index in [1.165, 1.54) is 0 Å². The van der Waals surface area contributed by atoms with Gasteiger partial charge in [0.05, 0.1) is 0 Å². The SMILES string of the molecule is CC(C)NCC(CO)Cc1ccccn1. The lowest BCUT2D eigenvalue weighted by Crippen LogP contribution is -2.31. The standard InChI is InChI=1S/C12H20N2O/c1-10(2)14-8-11(9-15)7-12-5-3-4-6-13-12/h3-6,10-11,14-15H,7-9H2,1-2H3. The summed E-state index contributed by atoms with van der Waals surface area (Å²) in [6.07, 6.45) is 2.62. The first-order valence-corrected chi connectivity index (χ1v) is 5.46. The third-order valence-corrected chi connectivity index (χ3v) is 2.30. The maximum Gasteiger partial charge on any atom is 0.0475 e. The van der Waals surface area contributed by atoms with E-state index in [0.29, 0.717) is 6.04 Å². The van der Waals surface area contributed by atoms with Crippen molar-refractivity contribution < 1.29 is 5.11 Å². The van der Waals surface area contributed by atoms with E-state index < -0.39 is 0 Å². The Morgan fingerprint density at radius 3 is 2.73 bits per heavy atom. The molecule has 1 heterocycles. The minimum atomic E-state index is 0.205. The lowest BCUT2D eigenvalue weighted by atomic mass is 10.0. The number of hydrogen-bond donors (Lipinski definition) is 2. The lowest BCUT2D eigenvalue weighted by molar-refractivity contribution is 0.218. The van der Waals surface area contributed by atoms with Gasteiger partial charge in [-0.25, -0.2) is 0 Å². The molecular formula is C12H20N2O. The summed E-state index contributed by atoms with van der Waals surface area (Å²) in [7, 11) is 0. The summed E-state index contributed by atoms with van der Waals surface area (Å²) >= 11 is 0. The summed E-state index contributed by atoms with van der Waals surface area (Å²) in [4.78, 5) is 4.25. The Labute approximate surface area is 91.5 Å². The third-order valence-electron chi connectivity index (χ3n) is 2.30. The fourth-order valence-electron chi connectivity index (χ4n) is 1.42. The molecule has 3 nitrogen and oxygen atoms in total. The van der Waals surface area contributed by atoms with Crippen LogP contribution >= 0.6 is 0 Å². The molecule has 0 radical (unpaired) electrons. The maximum absolute atomic E-state index is 9.23. The molecule has 0 amide bonds. The van der Waals surface area contributed by atoms with E-state index in [1.54, 1.807) is 6.20 Å². The molecule has 0 aliphatic heterocycles. The molecule has 84 valence electrons. The average Bonchev–Trinajstić information content (AvgIpc) is 2.25. The van der Waals surface area contributed by atoms with Crippen LogP contribution in [0.1, 0.15) is 19.5 Å². The second-order valence-electron chi connectivity index (χ2n) is 4.14. The van der Waals surface area contributed by atoms with Gasteiger partial charge in [-0.15, -0.1) is 0 Å². The van der Waals surface area contributed by atoms with Crippen LogP contribution in [0.3, 0.4) is 0 Å². The Kier molecular flexibility index (Phi) is 5.29. The summed E-state index contributed by atoms with van der Waals surface area (Å²) in [6, 6.07) is 6.34. The van der Waals surface area contributed by atoms with Crippen molar-refractivity contribution in [1.29, 1.82) is 0 Å². The molecule has 1 rings (SSSR count). The van der Waals surface area contributed by atoms with E-state index in [4.69, 9.17) is 0 Å². The van der Waals surface area contributed by atoms with Crippen LogP contribution in [0.5, 0.6) is 0 Å². The van der Waals surface area contributed by atoms with Gasteiger partial charge in [-0.05, 0) is 24.5 Å². The van der Waals surface area contributed by atoms with Crippen molar-refractivity contribution in [2.75, 3.05) is 13.2 Å². The number of rotatable bonds is 6. The smallest absolute Gasteiger partial charge is 0.0475 e. The first kappa shape index (κ1) is 12.1. The molecule has 1 unspecified atom stereocenters. The van der Waals surface area contributed by atoms with Crippen LogP contribution in [0.4, 0.5) is 0 Å². The molecule has 3 heteroatoms. The van der Waals surface area contributed by atoms with Crippen LogP contribution in [0.25, 0.3) is 0 Å². The fourth-order valence-corrected chi connectivity index (χ4v) is 1.42. The first-order valence-electron chi connectivity index (χ1n) is 5.46. The molecule has 0 bridgehead atoms. The highest BCUT2D eigenvalue weighted by Gasteiger charge is 2.09. The molecule has 0 aliphatic rings. The highest BCUT2D eigenvalue weighted by molar-refractivity contribution is 5.04. The zero-order valence-corrected chi connectivity index (χ0v) is 9.48. The highest BCUT2D eigenvalue weighted by atomic mass is 16.3. The molecular weight excluding hydrogens is 188 g/mol. The monoisotopic (exact) mass is 208 g/mol. The van der Waals surface area contributed by atoms with Gasteiger partial charge < -0.3 is 10.4 Å². The average molecular weight is 208 g/mol. The van der Waals surface area contributed by atoms with Gasteiger partial charge in [0.1, 0.15) is 0 Å². The van der Waals surface area contributed by atoms with Gasteiger partial charge in [-0.1, -0.05) is 19.9 Å². The van der Waals surface area contributed by atoms with Crippen molar-refractivity contribution >= 4 is 0 Å². The summed E-state index contributed by atoms with van der Waals surface area (Å²) in [5, 5.41) is 12.6. The van der Waals surface area contributed by atoms with Crippen LogP contribution < -0.4 is 5.32 Å². The summed E-state index contributed by atoms with van der Waals surface area (Å²) in [5.74, 6) is 0.252. The Balaban J connectivity index is 2.40. The van der Waals surface area contributed by atoms with Crippen molar-refractivity contribution in [2.45, 2.75) is 26.3 Å². The van der Waals surface area contributed by atoms with Gasteiger partial charge in [0, 0.05) is 31.1 Å². The van der Waals surface area contributed by atoms with E-state index in [-0.39, 0.29) is 12.5 Å². The van der Waals surface area contributed by atoms with Crippen molar-refractivity contribution in [3.05, 3.63) is 30.1 Å². The summed E-state index contributed by atoms with van der Waals surface area (Å²) in [5.41, 5.74) is 1.04. The molecule has 2 N–H and O–H groups in total. The number of aliphatic hydroxyl groups excluding tert-OH is 1. The Hall–Kier alpha value is -0.930. The second-order valence-corrected chi connectivity index (χ2v) is 4.14. The van der Waals surface area contributed by atoms with Gasteiger partial charge in [0.2, 0.25) is 0 Å². The zero-order chi connectivity index (χ0) is 11.1. The van der Waals surface area contributed by atoms with Crippen LogP contribution in [0.15, 0.2) is 24.4 Å². The quantitative estimate of drug-likeness (QED) is 0.739. The molecule has 0 aliphatic carbocycles. The van der Waals surface area contributed by atoms with Crippen molar-refractivity contribution in [3.63, 3.8) is 0 Å². The van der Waals surface area contributed by atoms with Crippen LogP contribution in [0, 0.1) is 5.92 Å². The molecule has 15 heavy (non-hydrogen) atoms. The molecule has 0 saturated heterocycles. The van der Waals surface area contributed by atoms with E-state index in [1.807, 2.05) is 18.2 Å². The van der Waals surface area contributed by atoms with Gasteiger partial charge >= 0.3 is 0 Å². The number of nitrogens with zero attached hydrogens (tertiary/aromatic N) is 1. The van der Waals surface area contributed by atoms with Crippen molar-refractivity contribution in [2.24, 2.45) is 5.92 Å². The molecule has 0 fully saturated rings. The van der Waals surface area contributed by atoms with E-state index in [0.717, 1.165) is 18.7 Å². The van der Waals surface area contributed by atoms with E-state index in [2.05, 4.69) is 24.1 Å². The van der Waals surface area contributed by atoms with Crippen molar-refractivity contribution in [3.8, 4) is 0 Å². The molecule has 1 aromatic heterocycles. The third kappa shape index (κ3) is 4.91. The number of nitrogens with one attached hydrogen (secondary N) is 1. The van der Waals surface area contributed by atoms with E-state index in [9.17, 15) is 5.11 Å². The Morgan fingerprint density at radius 2 is 2.20 bits per heavy atom. The van der Waals surface area contributed by atoms with Gasteiger partial charge in [0.15, 0.2) is 0 Å². The highest BCUT2D eigenvalue weighted by Crippen LogP contribution is 2.04. The van der Waals surface area contributed by atoms with E-state index >= 15 is 0 Å². The molecule has 0 spiro atoms. The minimum absolute atomic E-state index is 0.205. The van der Waals surface area contributed by atoms with Crippen LogP contribution in [-0.2, 0) is 6.42 Å². The zero-order valence-electron chi connectivity index (χ0n) is 9.48. The van der Waals surface area contributed by atoms with Gasteiger partial charge in [-0.2, -0.15) is 0 Å². The molecule has 0 saturated carbocycles. The number of pyridine rings is 1. The summed E-state index contributed by atoms with van der Waals surface area (Å²) in [6.45, 7) is 5.26. The topological polar surface area (TPSA) is 45.1 Å². The van der Waals surface area contributed by atoms with Crippen molar-refractivity contribution in [1.82, 2.24) is 10.3 Å². The molecule has 0 aromatic carbocycles. The largest absolute Gasteiger partial charge is 0.396 e. The normalized spacial score (nSPS) is 13.1. The van der Waals surface area contributed by atoms with Crippen LogP contribution in [0.2, 0.25) is 0 Å². The summed E-state index contributed by atoms with van der Waals surface area (Å²) < 4.78 is 0. The number of aliphatic hydroxyl groups is 1. The number of aromatic nitrogens is 1. The second kappa shape index (κ2) is 6.53. The van der Waals surface area contributed by atoms with Gasteiger partial charge in [-0.3, -0.25) is 4.98 Å². The maximum atomic E-state index is 9.23. The molecule has 1 aromatic rings. The van der Waals surface area contributed by atoms with Crippen LogP contribution in [-0.4, -0.2) is 29.3 Å². The Bertz CT molecular complexity index is 262.